The monoisotopic (exact) mass is 317 g/mol. The SMILES string of the molecule is CCOc1ccc(C(C#N)N2CCN(CC)CC2)cc1OCC. The number of hydrogen-bond acceptors (Lipinski definition) is 5. The maximum Gasteiger partial charge on any atom is 0.161 e. The van der Waals surface area contributed by atoms with Crippen LogP contribution in [-0.4, -0.2) is 55.7 Å². The second-order valence-corrected chi connectivity index (χ2v) is 5.57. The number of hydrogen-bond donors (Lipinski definition) is 0. The molecule has 126 valence electrons. The molecular weight excluding hydrogens is 290 g/mol. The van der Waals surface area contributed by atoms with Crippen molar-refractivity contribution in [1.29, 1.82) is 5.26 Å². The van der Waals surface area contributed by atoms with Crippen LogP contribution in [0.4, 0.5) is 0 Å². The van der Waals surface area contributed by atoms with E-state index in [-0.39, 0.29) is 6.04 Å². The first-order valence-electron chi connectivity index (χ1n) is 8.49. The maximum absolute atomic E-state index is 9.67. The average molecular weight is 317 g/mol. The Morgan fingerprint density at radius 2 is 1.70 bits per heavy atom. The van der Waals surface area contributed by atoms with Crippen LogP contribution in [0.5, 0.6) is 11.5 Å². The van der Waals surface area contributed by atoms with Gasteiger partial charge in [0.15, 0.2) is 11.5 Å². The molecule has 0 spiro atoms. The molecule has 1 atom stereocenters. The third-order valence-corrected chi connectivity index (χ3v) is 4.22. The van der Waals surface area contributed by atoms with Gasteiger partial charge in [0, 0.05) is 26.2 Å². The van der Waals surface area contributed by atoms with Crippen molar-refractivity contribution in [2.24, 2.45) is 0 Å². The zero-order valence-electron chi connectivity index (χ0n) is 14.4. The van der Waals surface area contributed by atoms with Crippen LogP contribution in [0.1, 0.15) is 32.4 Å². The smallest absolute Gasteiger partial charge is 0.161 e. The first-order valence-corrected chi connectivity index (χ1v) is 8.49. The number of nitrogens with zero attached hydrogens (tertiary/aromatic N) is 3. The number of benzene rings is 1. The van der Waals surface area contributed by atoms with Gasteiger partial charge in [-0.15, -0.1) is 0 Å². The molecule has 5 nitrogen and oxygen atoms in total. The Morgan fingerprint density at radius 3 is 2.26 bits per heavy atom. The molecule has 1 aromatic carbocycles. The minimum Gasteiger partial charge on any atom is -0.490 e. The summed E-state index contributed by atoms with van der Waals surface area (Å²) in [7, 11) is 0. The van der Waals surface area contributed by atoms with Crippen molar-refractivity contribution < 1.29 is 9.47 Å². The molecule has 1 aliphatic rings. The topological polar surface area (TPSA) is 48.7 Å². The fourth-order valence-electron chi connectivity index (χ4n) is 2.94. The highest BCUT2D eigenvalue weighted by Crippen LogP contribution is 2.32. The Balaban J connectivity index is 2.17. The van der Waals surface area contributed by atoms with E-state index in [0.717, 1.165) is 49.8 Å². The van der Waals surface area contributed by atoms with E-state index in [9.17, 15) is 5.26 Å². The summed E-state index contributed by atoms with van der Waals surface area (Å²) >= 11 is 0. The first-order chi connectivity index (χ1) is 11.2. The minimum atomic E-state index is -0.233. The molecule has 0 saturated carbocycles. The van der Waals surface area contributed by atoms with E-state index in [4.69, 9.17) is 9.47 Å². The molecule has 0 amide bonds. The zero-order chi connectivity index (χ0) is 16.7. The Bertz CT molecular complexity index is 534. The summed E-state index contributed by atoms with van der Waals surface area (Å²) in [5.41, 5.74) is 0.976. The van der Waals surface area contributed by atoms with Gasteiger partial charge in [0.05, 0.1) is 19.3 Å². The predicted octanol–water partition coefficient (Wildman–Crippen LogP) is 2.69. The van der Waals surface area contributed by atoms with Crippen molar-refractivity contribution in [3.63, 3.8) is 0 Å². The Morgan fingerprint density at radius 1 is 1.04 bits per heavy atom. The first kappa shape index (κ1) is 17.6. The Labute approximate surface area is 139 Å². The molecule has 23 heavy (non-hydrogen) atoms. The normalized spacial score (nSPS) is 17.5. The predicted molar refractivity (Wildman–Crippen MR) is 90.8 cm³/mol. The lowest BCUT2D eigenvalue weighted by Gasteiger charge is -2.36. The van der Waals surface area contributed by atoms with Gasteiger partial charge in [-0.2, -0.15) is 5.26 Å². The Hall–Kier alpha value is -1.77. The third kappa shape index (κ3) is 4.37. The van der Waals surface area contributed by atoms with Gasteiger partial charge in [-0.1, -0.05) is 13.0 Å². The summed E-state index contributed by atoms with van der Waals surface area (Å²) < 4.78 is 11.3. The number of ether oxygens (including phenoxy) is 2. The molecule has 1 unspecified atom stereocenters. The van der Waals surface area contributed by atoms with Gasteiger partial charge in [0.25, 0.3) is 0 Å². The minimum absolute atomic E-state index is 0.233. The summed E-state index contributed by atoms with van der Waals surface area (Å²) in [6, 6.07) is 8.07. The van der Waals surface area contributed by atoms with E-state index in [1.54, 1.807) is 0 Å². The lowest BCUT2D eigenvalue weighted by atomic mass is 10.0. The third-order valence-electron chi connectivity index (χ3n) is 4.22. The van der Waals surface area contributed by atoms with Crippen LogP contribution in [0.2, 0.25) is 0 Å². The number of likely N-dealkylation sites (N-methyl/N-ethyl adjacent to an activating group) is 1. The molecule has 1 fully saturated rings. The quantitative estimate of drug-likeness (QED) is 0.774. The van der Waals surface area contributed by atoms with Gasteiger partial charge in [-0.25, -0.2) is 0 Å². The van der Waals surface area contributed by atoms with Gasteiger partial charge in [-0.3, -0.25) is 4.90 Å². The molecule has 1 aliphatic heterocycles. The fourth-order valence-corrected chi connectivity index (χ4v) is 2.94. The zero-order valence-corrected chi connectivity index (χ0v) is 14.4. The van der Waals surface area contributed by atoms with E-state index < -0.39 is 0 Å². The molecule has 1 saturated heterocycles. The van der Waals surface area contributed by atoms with Gasteiger partial charge < -0.3 is 14.4 Å². The van der Waals surface area contributed by atoms with E-state index in [2.05, 4.69) is 22.8 Å². The van der Waals surface area contributed by atoms with E-state index in [1.807, 2.05) is 32.0 Å². The molecule has 5 heteroatoms. The standard InChI is InChI=1S/C18H27N3O2/c1-4-20-9-11-21(12-10-20)16(14-19)15-7-8-17(22-5-2)18(13-15)23-6-3/h7-8,13,16H,4-6,9-12H2,1-3H3. The molecule has 2 rings (SSSR count). The maximum atomic E-state index is 9.67. The molecule has 0 bridgehead atoms. The molecule has 0 aliphatic carbocycles. The summed E-state index contributed by atoms with van der Waals surface area (Å²) in [4.78, 5) is 4.66. The summed E-state index contributed by atoms with van der Waals surface area (Å²) in [6.45, 7) is 12.2. The summed E-state index contributed by atoms with van der Waals surface area (Å²) in [5, 5.41) is 9.67. The second kappa shape index (κ2) is 8.76. The van der Waals surface area contributed by atoms with Crippen LogP contribution in [0, 0.1) is 11.3 Å². The number of rotatable bonds is 7. The Kier molecular flexibility index (Phi) is 6.69. The van der Waals surface area contributed by atoms with Crippen LogP contribution in [0.15, 0.2) is 18.2 Å². The van der Waals surface area contributed by atoms with Crippen LogP contribution in [-0.2, 0) is 0 Å². The molecule has 1 heterocycles. The highest BCUT2D eigenvalue weighted by atomic mass is 16.5. The highest BCUT2D eigenvalue weighted by Gasteiger charge is 2.25. The highest BCUT2D eigenvalue weighted by molar-refractivity contribution is 5.45. The van der Waals surface area contributed by atoms with Crippen molar-refractivity contribution in [1.82, 2.24) is 9.80 Å². The summed E-state index contributed by atoms with van der Waals surface area (Å²) in [5.74, 6) is 1.46. The molecule has 1 aromatic rings. The van der Waals surface area contributed by atoms with Crippen LogP contribution in [0.3, 0.4) is 0 Å². The van der Waals surface area contributed by atoms with E-state index in [1.165, 1.54) is 0 Å². The molecule has 0 N–H and O–H groups in total. The van der Waals surface area contributed by atoms with Crippen molar-refractivity contribution in [2.75, 3.05) is 45.9 Å². The lowest BCUT2D eigenvalue weighted by molar-refractivity contribution is 0.118. The fraction of sp³-hybridized carbons (Fsp3) is 0.611. The van der Waals surface area contributed by atoms with Gasteiger partial charge in [-0.05, 0) is 38.1 Å². The molecule has 0 aromatic heterocycles. The molecule has 0 radical (unpaired) electrons. The van der Waals surface area contributed by atoms with Crippen molar-refractivity contribution in [3.8, 4) is 17.6 Å². The number of piperazine rings is 1. The van der Waals surface area contributed by atoms with Crippen molar-refractivity contribution in [2.45, 2.75) is 26.8 Å². The van der Waals surface area contributed by atoms with Crippen LogP contribution >= 0.6 is 0 Å². The largest absolute Gasteiger partial charge is 0.490 e. The van der Waals surface area contributed by atoms with Gasteiger partial charge in [0.2, 0.25) is 0 Å². The van der Waals surface area contributed by atoms with Crippen LogP contribution in [0.25, 0.3) is 0 Å². The van der Waals surface area contributed by atoms with Crippen LogP contribution < -0.4 is 9.47 Å². The van der Waals surface area contributed by atoms with E-state index >= 15 is 0 Å². The van der Waals surface area contributed by atoms with E-state index in [0.29, 0.717) is 13.2 Å². The van der Waals surface area contributed by atoms with Crippen molar-refractivity contribution in [3.05, 3.63) is 23.8 Å². The van der Waals surface area contributed by atoms with Gasteiger partial charge in [0.1, 0.15) is 6.04 Å². The van der Waals surface area contributed by atoms with Crippen molar-refractivity contribution >= 4 is 0 Å². The van der Waals surface area contributed by atoms with Gasteiger partial charge >= 0.3 is 0 Å². The molecular formula is C18H27N3O2. The summed E-state index contributed by atoms with van der Waals surface area (Å²) in [6.07, 6.45) is 0. The second-order valence-electron chi connectivity index (χ2n) is 5.57. The lowest BCUT2D eigenvalue weighted by Crippen LogP contribution is -2.47. The number of nitriles is 1. The average Bonchev–Trinajstić information content (AvgIpc) is 2.59.